The molecule has 2 aromatic rings. The molecule has 2 heterocycles. The Balaban J connectivity index is 2.05. The molecule has 0 saturated carbocycles. The van der Waals surface area contributed by atoms with Gasteiger partial charge in [0.05, 0.1) is 11.6 Å². The summed E-state index contributed by atoms with van der Waals surface area (Å²) in [6.45, 7) is 1.02. The molecule has 0 bridgehead atoms. The highest BCUT2D eigenvalue weighted by atomic mass is 19.1. The third kappa shape index (κ3) is 1.65. The number of hydrogen-bond donors (Lipinski definition) is 1. The zero-order valence-corrected chi connectivity index (χ0v) is 8.78. The van der Waals surface area contributed by atoms with Crippen LogP contribution in [0.4, 0.5) is 4.39 Å². The molecule has 0 spiro atoms. The lowest BCUT2D eigenvalue weighted by molar-refractivity contribution is 0.607. The molecule has 82 valence electrons. The first-order valence-electron chi connectivity index (χ1n) is 5.48. The Hall–Kier alpha value is -1.55. The van der Waals surface area contributed by atoms with Crippen molar-refractivity contribution in [1.82, 2.24) is 15.3 Å². The van der Waals surface area contributed by atoms with Gasteiger partial charge in [0.1, 0.15) is 11.6 Å². The van der Waals surface area contributed by atoms with Crippen LogP contribution in [0.2, 0.25) is 0 Å². The Morgan fingerprint density at radius 1 is 1.38 bits per heavy atom. The predicted octanol–water partition coefficient (Wildman–Crippen LogP) is 2.19. The minimum atomic E-state index is -0.247. The van der Waals surface area contributed by atoms with Crippen LogP contribution in [0.15, 0.2) is 24.4 Å². The van der Waals surface area contributed by atoms with Crippen molar-refractivity contribution in [2.75, 3.05) is 6.54 Å². The summed E-state index contributed by atoms with van der Waals surface area (Å²) in [5, 5.41) is 4.10. The van der Waals surface area contributed by atoms with Crippen molar-refractivity contribution < 1.29 is 4.39 Å². The summed E-state index contributed by atoms with van der Waals surface area (Å²) >= 11 is 0. The van der Waals surface area contributed by atoms with Gasteiger partial charge in [-0.25, -0.2) is 14.4 Å². The SMILES string of the molecule is Fc1ccc2nc(C3CCCN3)ncc2c1. The van der Waals surface area contributed by atoms with Gasteiger partial charge in [0.2, 0.25) is 0 Å². The highest BCUT2D eigenvalue weighted by molar-refractivity contribution is 5.77. The molecule has 1 aromatic carbocycles. The lowest BCUT2D eigenvalue weighted by atomic mass is 10.2. The number of nitrogens with one attached hydrogen (secondary N) is 1. The van der Waals surface area contributed by atoms with Crippen LogP contribution in [0, 0.1) is 5.82 Å². The Labute approximate surface area is 92.7 Å². The summed E-state index contributed by atoms with van der Waals surface area (Å²) in [5.41, 5.74) is 0.806. The van der Waals surface area contributed by atoms with E-state index in [1.54, 1.807) is 12.3 Å². The van der Waals surface area contributed by atoms with E-state index in [0.29, 0.717) is 0 Å². The van der Waals surface area contributed by atoms with Crippen LogP contribution in [-0.4, -0.2) is 16.5 Å². The topological polar surface area (TPSA) is 37.8 Å². The average molecular weight is 217 g/mol. The van der Waals surface area contributed by atoms with E-state index < -0.39 is 0 Å². The van der Waals surface area contributed by atoms with Crippen LogP contribution < -0.4 is 5.32 Å². The van der Waals surface area contributed by atoms with Crippen molar-refractivity contribution in [2.45, 2.75) is 18.9 Å². The zero-order chi connectivity index (χ0) is 11.0. The fourth-order valence-corrected chi connectivity index (χ4v) is 2.09. The molecule has 1 saturated heterocycles. The van der Waals surface area contributed by atoms with E-state index in [-0.39, 0.29) is 11.9 Å². The average Bonchev–Trinajstić information content (AvgIpc) is 2.82. The summed E-state index contributed by atoms with van der Waals surface area (Å²) in [6, 6.07) is 4.85. The van der Waals surface area contributed by atoms with Gasteiger partial charge < -0.3 is 5.32 Å². The van der Waals surface area contributed by atoms with Gasteiger partial charge >= 0.3 is 0 Å². The minimum absolute atomic E-state index is 0.247. The third-order valence-corrected chi connectivity index (χ3v) is 2.93. The van der Waals surface area contributed by atoms with Crippen LogP contribution in [0.5, 0.6) is 0 Å². The fraction of sp³-hybridized carbons (Fsp3) is 0.333. The molecule has 1 aliphatic rings. The van der Waals surface area contributed by atoms with Gasteiger partial charge in [-0.1, -0.05) is 0 Å². The highest BCUT2D eigenvalue weighted by Gasteiger charge is 2.18. The molecule has 1 unspecified atom stereocenters. The molecular formula is C12H12FN3. The van der Waals surface area contributed by atoms with E-state index in [1.165, 1.54) is 12.1 Å². The van der Waals surface area contributed by atoms with Gasteiger partial charge in [-0.2, -0.15) is 0 Å². The van der Waals surface area contributed by atoms with Crippen LogP contribution in [0.25, 0.3) is 10.9 Å². The summed E-state index contributed by atoms with van der Waals surface area (Å²) in [4.78, 5) is 8.75. The number of hydrogen-bond acceptors (Lipinski definition) is 3. The number of rotatable bonds is 1. The first kappa shape index (κ1) is 9.66. The van der Waals surface area contributed by atoms with E-state index in [2.05, 4.69) is 15.3 Å². The van der Waals surface area contributed by atoms with Crippen molar-refractivity contribution in [3.8, 4) is 0 Å². The van der Waals surface area contributed by atoms with E-state index in [0.717, 1.165) is 36.1 Å². The molecular weight excluding hydrogens is 205 g/mol. The molecule has 1 atom stereocenters. The molecule has 1 fully saturated rings. The number of nitrogens with zero attached hydrogens (tertiary/aromatic N) is 2. The van der Waals surface area contributed by atoms with Gasteiger partial charge in [-0.3, -0.25) is 0 Å². The van der Waals surface area contributed by atoms with Gasteiger partial charge in [0.25, 0.3) is 0 Å². The molecule has 3 nitrogen and oxygen atoms in total. The number of fused-ring (bicyclic) bond motifs is 1. The molecule has 1 N–H and O–H groups in total. The second-order valence-corrected chi connectivity index (χ2v) is 4.08. The summed E-state index contributed by atoms with van der Waals surface area (Å²) < 4.78 is 13.0. The number of halogens is 1. The second kappa shape index (κ2) is 3.79. The first-order valence-corrected chi connectivity index (χ1v) is 5.48. The molecule has 1 aliphatic heterocycles. The lowest BCUT2D eigenvalue weighted by Gasteiger charge is -2.08. The lowest BCUT2D eigenvalue weighted by Crippen LogP contribution is -2.15. The van der Waals surface area contributed by atoms with E-state index in [4.69, 9.17) is 0 Å². The van der Waals surface area contributed by atoms with Crippen LogP contribution in [-0.2, 0) is 0 Å². The zero-order valence-electron chi connectivity index (χ0n) is 8.78. The molecule has 0 aliphatic carbocycles. The van der Waals surface area contributed by atoms with Crippen molar-refractivity contribution in [1.29, 1.82) is 0 Å². The van der Waals surface area contributed by atoms with Crippen LogP contribution in [0.1, 0.15) is 24.7 Å². The summed E-state index contributed by atoms with van der Waals surface area (Å²) in [7, 11) is 0. The maximum Gasteiger partial charge on any atom is 0.145 e. The number of benzene rings is 1. The number of aromatic nitrogens is 2. The molecule has 1 aromatic heterocycles. The van der Waals surface area contributed by atoms with Gasteiger partial charge in [0.15, 0.2) is 0 Å². The van der Waals surface area contributed by atoms with Crippen molar-refractivity contribution >= 4 is 10.9 Å². The normalized spacial score (nSPS) is 20.4. The van der Waals surface area contributed by atoms with E-state index in [1.807, 2.05) is 0 Å². The monoisotopic (exact) mass is 217 g/mol. The van der Waals surface area contributed by atoms with Crippen molar-refractivity contribution in [3.05, 3.63) is 36.0 Å². The first-order chi connectivity index (χ1) is 7.83. The summed E-state index contributed by atoms with van der Waals surface area (Å²) in [6.07, 6.45) is 3.93. The molecule has 3 rings (SSSR count). The third-order valence-electron chi connectivity index (χ3n) is 2.93. The molecule has 0 amide bonds. The maximum absolute atomic E-state index is 13.0. The highest BCUT2D eigenvalue weighted by Crippen LogP contribution is 2.21. The summed E-state index contributed by atoms with van der Waals surface area (Å²) in [5.74, 6) is 0.569. The Bertz CT molecular complexity index is 521. The molecule has 4 heteroatoms. The van der Waals surface area contributed by atoms with Gasteiger partial charge in [-0.15, -0.1) is 0 Å². The quantitative estimate of drug-likeness (QED) is 0.795. The smallest absolute Gasteiger partial charge is 0.145 e. The fourth-order valence-electron chi connectivity index (χ4n) is 2.09. The molecule has 16 heavy (non-hydrogen) atoms. The predicted molar refractivity (Wildman–Crippen MR) is 59.5 cm³/mol. The van der Waals surface area contributed by atoms with Gasteiger partial charge in [0, 0.05) is 11.6 Å². The van der Waals surface area contributed by atoms with Crippen molar-refractivity contribution in [3.63, 3.8) is 0 Å². The van der Waals surface area contributed by atoms with Gasteiger partial charge in [-0.05, 0) is 37.6 Å². The maximum atomic E-state index is 13.0. The van der Waals surface area contributed by atoms with E-state index >= 15 is 0 Å². The molecule has 0 radical (unpaired) electrons. The Kier molecular flexibility index (Phi) is 2.29. The largest absolute Gasteiger partial charge is 0.307 e. The van der Waals surface area contributed by atoms with Crippen LogP contribution in [0.3, 0.4) is 0 Å². The second-order valence-electron chi connectivity index (χ2n) is 4.08. The standard InChI is InChI=1S/C12H12FN3/c13-9-3-4-10-8(6-9)7-15-12(16-10)11-2-1-5-14-11/h3-4,6-7,11,14H,1-2,5H2. The van der Waals surface area contributed by atoms with Crippen molar-refractivity contribution in [2.24, 2.45) is 0 Å². The Morgan fingerprint density at radius 3 is 3.12 bits per heavy atom. The Morgan fingerprint density at radius 2 is 2.31 bits per heavy atom. The van der Waals surface area contributed by atoms with Crippen LogP contribution >= 0.6 is 0 Å². The van der Waals surface area contributed by atoms with E-state index in [9.17, 15) is 4.39 Å². The minimum Gasteiger partial charge on any atom is -0.307 e.